The summed E-state index contributed by atoms with van der Waals surface area (Å²) in [6.07, 6.45) is 2.42. The quantitative estimate of drug-likeness (QED) is 0.240. The number of nitrogens with zero attached hydrogens (tertiary/aromatic N) is 1. The highest BCUT2D eigenvalue weighted by molar-refractivity contribution is 5.89. The molecule has 2 rings (SSSR count). The van der Waals surface area contributed by atoms with Crippen LogP contribution in [0.4, 0.5) is 4.79 Å². The Bertz CT molecular complexity index is 720. The Labute approximate surface area is 149 Å². The number of hydrogen-bond donors (Lipinski definition) is 5. The molecule has 6 N–H and O–H groups in total. The second-order valence-electron chi connectivity index (χ2n) is 5.32. The summed E-state index contributed by atoms with van der Waals surface area (Å²) in [5.41, 5.74) is 3.46. The summed E-state index contributed by atoms with van der Waals surface area (Å²) >= 11 is 0. The number of H-pyrrole nitrogens is 1. The third-order valence-corrected chi connectivity index (χ3v) is 3.38. The minimum atomic E-state index is -0.907. The molecule has 1 aromatic heterocycles. The molecule has 1 heterocycles. The van der Waals surface area contributed by atoms with Gasteiger partial charge in [0.2, 0.25) is 5.91 Å². The van der Waals surface area contributed by atoms with Gasteiger partial charge in [-0.05, 0) is 5.56 Å². The maximum absolute atomic E-state index is 12.0. The molecule has 2 aromatic rings. The molecule has 0 aliphatic heterocycles. The van der Waals surface area contributed by atoms with Crippen molar-refractivity contribution in [2.45, 2.75) is 19.1 Å². The Kier molecular flexibility index (Phi) is 7.13. The fraction of sp³-hybridized carbons (Fsp3) is 0.250. The third kappa shape index (κ3) is 6.24. The van der Waals surface area contributed by atoms with Gasteiger partial charge in [0, 0.05) is 18.3 Å². The Morgan fingerprint density at radius 3 is 2.65 bits per heavy atom. The zero-order valence-electron chi connectivity index (χ0n) is 13.9. The summed E-state index contributed by atoms with van der Waals surface area (Å²) in [5.74, 6) is 4.00. The number of nitrogens with two attached hydrogens (primary N) is 1. The van der Waals surface area contributed by atoms with E-state index in [2.05, 4.69) is 20.6 Å². The number of carbonyl (C=O) groups is 3. The van der Waals surface area contributed by atoms with Crippen molar-refractivity contribution in [2.75, 3.05) is 6.54 Å². The third-order valence-electron chi connectivity index (χ3n) is 3.38. The van der Waals surface area contributed by atoms with E-state index in [0.29, 0.717) is 5.69 Å². The molecule has 10 heteroatoms. The van der Waals surface area contributed by atoms with Crippen LogP contribution in [0, 0.1) is 0 Å². The predicted molar refractivity (Wildman–Crippen MR) is 91.2 cm³/mol. The highest BCUT2D eigenvalue weighted by Crippen LogP contribution is 2.01. The van der Waals surface area contributed by atoms with Crippen molar-refractivity contribution < 1.29 is 19.1 Å². The number of ether oxygens (including phenoxy) is 1. The van der Waals surface area contributed by atoms with Gasteiger partial charge in [-0.2, -0.15) is 0 Å². The molecule has 10 nitrogen and oxygen atoms in total. The number of hydrazine groups is 1. The second kappa shape index (κ2) is 9.79. The molecule has 1 atom stereocenters. The Hall–Kier alpha value is -3.40. The van der Waals surface area contributed by atoms with E-state index in [0.717, 1.165) is 5.56 Å². The number of imidazole rings is 1. The normalized spacial score (nSPS) is 11.3. The number of carbonyl (C=O) groups excluding carboxylic acids is 3. The van der Waals surface area contributed by atoms with Gasteiger partial charge in [0.15, 0.2) is 0 Å². The molecule has 1 aromatic carbocycles. The van der Waals surface area contributed by atoms with Crippen LogP contribution in [0.3, 0.4) is 0 Å². The van der Waals surface area contributed by atoms with Crippen molar-refractivity contribution in [3.63, 3.8) is 0 Å². The van der Waals surface area contributed by atoms with Crippen LogP contribution in [0.5, 0.6) is 0 Å². The van der Waals surface area contributed by atoms with Gasteiger partial charge in [0.1, 0.15) is 19.2 Å². The Morgan fingerprint density at radius 2 is 2.00 bits per heavy atom. The summed E-state index contributed by atoms with van der Waals surface area (Å²) in [6, 6.07) is 8.22. The van der Waals surface area contributed by atoms with E-state index in [1.807, 2.05) is 35.8 Å². The van der Waals surface area contributed by atoms with Gasteiger partial charge in [-0.15, -0.1) is 0 Å². The van der Waals surface area contributed by atoms with Gasteiger partial charge in [0.05, 0.1) is 6.33 Å². The summed E-state index contributed by atoms with van der Waals surface area (Å²) < 4.78 is 4.99. The fourth-order valence-electron chi connectivity index (χ4n) is 2.10. The predicted octanol–water partition coefficient (Wildman–Crippen LogP) is -0.647. The molecule has 0 saturated heterocycles. The average Bonchev–Trinajstić information content (AvgIpc) is 3.17. The first kappa shape index (κ1) is 18.9. The van der Waals surface area contributed by atoms with Gasteiger partial charge in [-0.25, -0.2) is 15.6 Å². The lowest BCUT2D eigenvalue weighted by molar-refractivity contribution is -0.128. The molecule has 0 aliphatic rings. The number of benzene rings is 1. The molecule has 0 radical (unpaired) electrons. The average molecular weight is 360 g/mol. The number of aromatic nitrogens is 2. The van der Waals surface area contributed by atoms with Gasteiger partial charge in [-0.1, -0.05) is 30.3 Å². The first-order valence-electron chi connectivity index (χ1n) is 7.80. The summed E-state index contributed by atoms with van der Waals surface area (Å²) in [4.78, 5) is 42.0. The molecule has 0 bridgehead atoms. The van der Waals surface area contributed by atoms with Crippen molar-refractivity contribution in [1.29, 1.82) is 0 Å². The molecular weight excluding hydrogens is 340 g/mol. The van der Waals surface area contributed by atoms with Crippen LogP contribution in [0.2, 0.25) is 0 Å². The standard InChI is InChI=1S/C16H20N6O4/c17-22-15(24)13(6-12-7-18-10-20-12)21-14(23)8-19-16(25)26-9-11-4-2-1-3-5-11/h1-5,7,10,13H,6,8-9,17H2,(H,18,20)(H,19,25)(H,21,23)(H,22,24)/t13-/m0/s1. The van der Waals surface area contributed by atoms with E-state index >= 15 is 0 Å². The van der Waals surface area contributed by atoms with E-state index in [9.17, 15) is 14.4 Å². The van der Waals surface area contributed by atoms with E-state index < -0.39 is 23.9 Å². The van der Waals surface area contributed by atoms with Crippen LogP contribution in [-0.4, -0.2) is 40.5 Å². The highest BCUT2D eigenvalue weighted by Gasteiger charge is 2.21. The Balaban J connectivity index is 1.76. The van der Waals surface area contributed by atoms with Crippen LogP contribution in [-0.2, 0) is 27.4 Å². The topological polar surface area (TPSA) is 151 Å². The smallest absolute Gasteiger partial charge is 0.407 e. The molecular formula is C16H20N6O4. The van der Waals surface area contributed by atoms with Crippen LogP contribution in [0.25, 0.3) is 0 Å². The minimum absolute atomic E-state index is 0.0896. The summed E-state index contributed by atoms with van der Waals surface area (Å²) in [5, 5.41) is 4.80. The van der Waals surface area contributed by atoms with Crippen molar-refractivity contribution in [1.82, 2.24) is 26.0 Å². The first-order chi connectivity index (χ1) is 12.6. The largest absolute Gasteiger partial charge is 0.445 e. The van der Waals surface area contributed by atoms with Gasteiger partial charge in [-0.3, -0.25) is 15.0 Å². The SMILES string of the molecule is NNC(=O)[C@H](Cc1cnc[nH]1)NC(=O)CNC(=O)OCc1ccccc1. The number of amides is 3. The van der Waals surface area contributed by atoms with Gasteiger partial charge >= 0.3 is 6.09 Å². The zero-order chi connectivity index (χ0) is 18.8. The number of rotatable bonds is 8. The highest BCUT2D eigenvalue weighted by atomic mass is 16.5. The Morgan fingerprint density at radius 1 is 1.23 bits per heavy atom. The number of aromatic amines is 1. The van der Waals surface area contributed by atoms with E-state index in [1.54, 1.807) is 0 Å². The number of nitrogens with one attached hydrogen (secondary N) is 4. The van der Waals surface area contributed by atoms with Crippen molar-refractivity contribution >= 4 is 17.9 Å². The lowest BCUT2D eigenvalue weighted by Crippen LogP contribution is -2.52. The minimum Gasteiger partial charge on any atom is -0.445 e. The van der Waals surface area contributed by atoms with E-state index in [-0.39, 0.29) is 19.6 Å². The van der Waals surface area contributed by atoms with Gasteiger partial charge in [0.25, 0.3) is 5.91 Å². The maximum atomic E-state index is 12.0. The van der Waals surface area contributed by atoms with Crippen molar-refractivity contribution in [3.8, 4) is 0 Å². The van der Waals surface area contributed by atoms with Crippen LogP contribution < -0.4 is 21.9 Å². The van der Waals surface area contributed by atoms with E-state index in [4.69, 9.17) is 10.6 Å². The van der Waals surface area contributed by atoms with Crippen molar-refractivity contribution in [3.05, 3.63) is 54.1 Å². The summed E-state index contributed by atoms with van der Waals surface area (Å²) in [6.45, 7) is -0.253. The van der Waals surface area contributed by atoms with Gasteiger partial charge < -0.3 is 20.4 Å². The lowest BCUT2D eigenvalue weighted by atomic mass is 10.1. The fourth-order valence-corrected chi connectivity index (χ4v) is 2.10. The molecule has 138 valence electrons. The molecule has 3 amide bonds. The molecule has 0 fully saturated rings. The van der Waals surface area contributed by atoms with Crippen LogP contribution in [0.15, 0.2) is 42.9 Å². The molecule has 0 spiro atoms. The molecule has 0 aliphatic carbocycles. The molecule has 26 heavy (non-hydrogen) atoms. The monoisotopic (exact) mass is 360 g/mol. The van der Waals surface area contributed by atoms with Crippen LogP contribution in [0.1, 0.15) is 11.3 Å². The van der Waals surface area contributed by atoms with Crippen molar-refractivity contribution in [2.24, 2.45) is 5.84 Å². The second-order valence-corrected chi connectivity index (χ2v) is 5.32. The number of alkyl carbamates (subject to hydrolysis) is 1. The number of hydrogen-bond acceptors (Lipinski definition) is 6. The zero-order valence-corrected chi connectivity index (χ0v) is 13.9. The first-order valence-corrected chi connectivity index (χ1v) is 7.80. The molecule has 0 saturated carbocycles. The van der Waals surface area contributed by atoms with Crippen LogP contribution >= 0.6 is 0 Å². The van der Waals surface area contributed by atoms with E-state index in [1.165, 1.54) is 12.5 Å². The lowest BCUT2D eigenvalue weighted by Gasteiger charge is -2.16. The molecule has 0 unspecified atom stereocenters. The summed E-state index contributed by atoms with van der Waals surface area (Å²) in [7, 11) is 0. The maximum Gasteiger partial charge on any atom is 0.407 e.